The van der Waals surface area contributed by atoms with Crippen LogP contribution in [0.3, 0.4) is 0 Å². The third-order valence-electron chi connectivity index (χ3n) is 4.65. The standard InChI is InChI=1S/C20H23F3N2O/c1-2-15-3-5-16(6-4-15)19(25-13-11-24-12-14-25)17-7-9-18(10-8-17)26-20(21,22)23/h3-10,19,24H,2,11-14H2,1H3/t19-/m1/s1. The van der Waals surface area contributed by atoms with Crippen LogP contribution in [-0.2, 0) is 6.42 Å². The Labute approximate surface area is 151 Å². The molecule has 3 rings (SSSR count). The average Bonchev–Trinajstić information content (AvgIpc) is 2.64. The van der Waals surface area contributed by atoms with Crippen LogP contribution >= 0.6 is 0 Å². The molecule has 3 nitrogen and oxygen atoms in total. The molecular weight excluding hydrogens is 341 g/mol. The first kappa shape index (κ1) is 18.7. The molecule has 2 aromatic carbocycles. The zero-order valence-corrected chi connectivity index (χ0v) is 14.7. The number of piperazine rings is 1. The molecule has 2 aromatic rings. The number of hydrogen-bond donors (Lipinski definition) is 1. The molecule has 0 radical (unpaired) electrons. The predicted molar refractivity (Wildman–Crippen MR) is 95.2 cm³/mol. The van der Waals surface area contributed by atoms with Crippen molar-refractivity contribution in [1.29, 1.82) is 0 Å². The molecule has 1 heterocycles. The molecular formula is C20H23F3N2O. The van der Waals surface area contributed by atoms with Crippen molar-refractivity contribution < 1.29 is 17.9 Å². The molecule has 0 aromatic heterocycles. The number of nitrogens with zero attached hydrogens (tertiary/aromatic N) is 1. The lowest BCUT2D eigenvalue weighted by atomic mass is 9.95. The van der Waals surface area contributed by atoms with Gasteiger partial charge in [0.2, 0.25) is 0 Å². The van der Waals surface area contributed by atoms with Crippen molar-refractivity contribution >= 4 is 0 Å². The van der Waals surface area contributed by atoms with Crippen LogP contribution < -0.4 is 10.1 Å². The molecule has 1 saturated heterocycles. The maximum Gasteiger partial charge on any atom is 0.573 e. The van der Waals surface area contributed by atoms with E-state index in [0.717, 1.165) is 43.7 Å². The first-order chi connectivity index (χ1) is 12.5. The molecule has 6 heteroatoms. The lowest BCUT2D eigenvalue weighted by Gasteiger charge is -2.35. The van der Waals surface area contributed by atoms with Crippen LogP contribution in [0.15, 0.2) is 48.5 Å². The molecule has 0 aliphatic carbocycles. The largest absolute Gasteiger partial charge is 0.573 e. The minimum absolute atomic E-state index is 0.0166. The SMILES string of the molecule is CCc1ccc([C@H](c2ccc(OC(F)(F)F)cc2)N2CCNCC2)cc1. The third-order valence-corrected chi connectivity index (χ3v) is 4.65. The summed E-state index contributed by atoms with van der Waals surface area (Å²) in [6.45, 7) is 5.70. The fraction of sp³-hybridized carbons (Fsp3) is 0.400. The predicted octanol–water partition coefficient (Wildman–Crippen LogP) is 4.14. The van der Waals surface area contributed by atoms with Crippen molar-refractivity contribution in [3.63, 3.8) is 0 Å². The number of halogens is 3. The Morgan fingerprint density at radius 2 is 1.50 bits per heavy atom. The number of benzene rings is 2. The van der Waals surface area contributed by atoms with Crippen LogP contribution in [0, 0.1) is 0 Å². The Balaban J connectivity index is 1.89. The van der Waals surface area contributed by atoms with Crippen molar-refractivity contribution in [3.8, 4) is 5.75 Å². The van der Waals surface area contributed by atoms with Crippen molar-refractivity contribution in [2.75, 3.05) is 26.2 Å². The number of ether oxygens (including phenoxy) is 1. The first-order valence-electron chi connectivity index (χ1n) is 8.85. The molecule has 1 aliphatic rings. The quantitative estimate of drug-likeness (QED) is 0.863. The zero-order valence-electron chi connectivity index (χ0n) is 14.7. The molecule has 140 valence electrons. The second kappa shape index (κ2) is 8.10. The van der Waals surface area contributed by atoms with Gasteiger partial charge in [0.15, 0.2) is 0 Å². The van der Waals surface area contributed by atoms with Crippen LogP contribution in [0.25, 0.3) is 0 Å². The van der Waals surface area contributed by atoms with Gasteiger partial charge in [-0.25, -0.2) is 0 Å². The van der Waals surface area contributed by atoms with E-state index >= 15 is 0 Å². The molecule has 26 heavy (non-hydrogen) atoms. The van der Waals surface area contributed by atoms with E-state index in [-0.39, 0.29) is 11.8 Å². The summed E-state index contributed by atoms with van der Waals surface area (Å²) in [6, 6.07) is 14.7. The highest BCUT2D eigenvalue weighted by molar-refractivity contribution is 5.37. The van der Waals surface area contributed by atoms with Gasteiger partial charge in [-0.05, 0) is 35.2 Å². The maximum absolute atomic E-state index is 12.4. The van der Waals surface area contributed by atoms with Gasteiger partial charge in [-0.15, -0.1) is 13.2 Å². The lowest BCUT2D eigenvalue weighted by Crippen LogP contribution is -2.45. The average molecular weight is 364 g/mol. The zero-order chi connectivity index (χ0) is 18.6. The lowest BCUT2D eigenvalue weighted by molar-refractivity contribution is -0.274. The van der Waals surface area contributed by atoms with Crippen LogP contribution in [0.1, 0.15) is 29.7 Å². The molecule has 0 amide bonds. The number of alkyl halides is 3. The highest BCUT2D eigenvalue weighted by Crippen LogP contribution is 2.31. The monoisotopic (exact) mass is 364 g/mol. The van der Waals surface area contributed by atoms with Crippen molar-refractivity contribution in [2.45, 2.75) is 25.7 Å². The molecule has 0 saturated carbocycles. The van der Waals surface area contributed by atoms with Crippen molar-refractivity contribution in [2.24, 2.45) is 0 Å². The van der Waals surface area contributed by atoms with E-state index in [0.29, 0.717) is 0 Å². The van der Waals surface area contributed by atoms with Crippen LogP contribution in [-0.4, -0.2) is 37.4 Å². The Morgan fingerprint density at radius 3 is 2.00 bits per heavy atom. The van der Waals surface area contributed by atoms with Gasteiger partial charge < -0.3 is 10.1 Å². The molecule has 0 unspecified atom stereocenters. The summed E-state index contributed by atoms with van der Waals surface area (Å²) in [7, 11) is 0. The maximum atomic E-state index is 12.4. The van der Waals surface area contributed by atoms with Gasteiger partial charge >= 0.3 is 6.36 Å². The Kier molecular flexibility index (Phi) is 5.84. The Bertz CT molecular complexity index is 692. The minimum Gasteiger partial charge on any atom is -0.406 e. The number of aryl methyl sites for hydroxylation is 1. The van der Waals surface area contributed by atoms with Crippen LogP contribution in [0.4, 0.5) is 13.2 Å². The summed E-state index contributed by atoms with van der Waals surface area (Å²) in [4.78, 5) is 2.36. The highest BCUT2D eigenvalue weighted by Gasteiger charge is 2.31. The van der Waals surface area contributed by atoms with E-state index in [1.807, 2.05) is 0 Å². The second-order valence-corrected chi connectivity index (χ2v) is 6.40. The van der Waals surface area contributed by atoms with Gasteiger partial charge in [-0.3, -0.25) is 4.90 Å². The van der Waals surface area contributed by atoms with E-state index in [4.69, 9.17) is 0 Å². The van der Waals surface area contributed by atoms with Gasteiger partial charge in [-0.2, -0.15) is 0 Å². The molecule has 1 fully saturated rings. The number of hydrogen-bond acceptors (Lipinski definition) is 3. The smallest absolute Gasteiger partial charge is 0.406 e. The fourth-order valence-corrected chi connectivity index (χ4v) is 3.34. The second-order valence-electron chi connectivity index (χ2n) is 6.40. The minimum atomic E-state index is -4.67. The number of nitrogens with one attached hydrogen (secondary N) is 1. The van der Waals surface area contributed by atoms with Gasteiger partial charge in [0.25, 0.3) is 0 Å². The molecule has 1 aliphatic heterocycles. The normalized spacial score (nSPS) is 17.1. The van der Waals surface area contributed by atoms with E-state index in [9.17, 15) is 13.2 Å². The van der Waals surface area contributed by atoms with Crippen LogP contribution in [0.5, 0.6) is 5.75 Å². The first-order valence-corrected chi connectivity index (χ1v) is 8.85. The number of rotatable bonds is 5. The summed E-state index contributed by atoms with van der Waals surface area (Å²) in [5.41, 5.74) is 3.38. The molecule has 1 N–H and O–H groups in total. The van der Waals surface area contributed by atoms with E-state index in [1.54, 1.807) is 12.1 Å². The molecule has 1 atom stereocenters. The van der Waals surface area contributed by atoms with Crippen molar-refractivity contribution in [3.05, 3.63) is 65.2 Å². The van der Waals surface area contributed by atoms with Gasteiger partial charge in [0.1, 0.15) is 5.75 Å². The van der Waals surface area contributed by atoms with Crippen LogP contribution in [0.2, 0.25) is 0 Å². The van der Waals surface area contributed by atoms with E-state index < -0.39 is 6.36 Å². The summed E-state index contributed by atoms with van der Waals surface area (Å²) < 4.78 is 41.2. The summed E-state index contributed by atoms with van der Waals surface area (Å²) in [5.74, 6) is -0.193. The van der Waals surface area contributed by atoms with E-state index in [1.165, 1.54) is 17.7 Å². The van der Waals surface area contributed by atoms with Gasteiger partial charge in [-0.1, -0.05) is 43.3 Å². The Hall–Kier alpha value is -2.05. The Morgan fingerprint density at radius 1 is 0.962 bits per heavy atom. The third kappa shape index (κ3) is 4.77. The topological polar surface area (TPSA) is 24.5 Å². The fourth-order valence-electron chi connectivity index (χ4n) is 3.34. The highest BCUT2D eigenvalue weighted by atomic mass is 19.4. The van der Waals surface area contributed by atoms with E-state index in [2.05, 4.69) is 46.1 Å². The molecule has 0 bridgehead atoms. The van der Waals surface area contributed by atoms with Gasteiger partial charge in [0, 0.05) is 26.2 Å². The summed E-state index contributed by atoms with van der Waals surface area (Å²) in [6.07, 6.45) is -3.70. The van der Waals surface area contributed by atoms with Crippen molar-refractivity contribution in [1.82, 2.24) is 10.2 Å². The van der Waals surface area contributed by atoms with Gasteiger partial charge in [0.05, 0.1) is 6.04 Å². The summed E-state index contributed by atoms with van der Waals surface area (Å²) >= 11 is 0. The molecule has 0 spiro atoms. The summed E-state index contributed by atoms with van der Waals surface area (Å²) in [5, 5.41) is 3.34.